The smallest absolute Gasteiger partial charge is 0.270 e. The summed E-state index contributed by atoms with van der Waals surface area (Å²) >= 11 is 0. The van der Waals surface area contributed by atoms with Gasteiger partial charge in [0.2, 0.25) is 5.91 Å². The first kappa shape index (κ1) is 17.7. The summed E-state index contributed by atoms with van der Waals surface area (Å²) in [6.45, 7) is -0.384. The zero-order chi connectivity index (χ0) is 19.0. The molecule has 0 unspecified atom stereocenters. The third kappa shape index (κ3) is 3.33. The van der Waals surface area contributed by atoms with E-state index >= 15 is 0 Å². The summed E-state index contributed by atoms with van der Waals surface area (Å²) in [5.74, 6) is -0.952. The van der Waals surface area contributed by atoms with Crippen LogP contribution in [0.4, 0.5) is 0 Å². The van der Waals surface area contributed by atoms with Gasteiger partial charge in [-0.05, 0) is 42.5 Å². The summed E-state index contributed by atoms with van der Waals surface area (Å²) in [5, 5.41) is 3.78. The van der Waals surface area contributed by atoms with Crippen molar-refractivity contribution in [2.75, 3.05) is 6.54 Å². The minimum absolute atomic E-state index is 0.0621. The Morgan fingerprint density at radius 3 is 2.74 bits per heavy atom. The van der Waals surface area contributed by atoms with Crippen LogP contribution in [0.1, 0.15) is 40.4 Å². The molecule has 2 aromatic rings. The zero-order valence-electron chi connectivity index (χ0n) is 14.5. The Morgan fingerprint density at radius 1 is 1.15 bits per heavy atom. The Hall–Kier alpha value is -2.71. The summed E-state index contributed by atoms with van der Waals surface area (Å²) in [6, 6.07) is 13.8. The van der Waals surface area contributed by atoms with Gasteiger partial charge in [-0.3, -0.25) is 14.6 Å². The number of nitrogens with zero attached hydrogens (tertiary/aromatic N) is 1. The fraction of sp³-hybridized carbons (Fsp3) is 0.263. The van der Waals surface area contributed by atoms with Gasteiger partial charge < -0.3 is 5.32 Å². The van der Waals surface area contributed by atoms with E-state index in [1.165, 1.54) is 17.7 Å². The van der Waals surface area contributed by atoms with Crippen molar-refractivity contribution >= 4 is 21.8 Å². The first-order valence-corrected chi connectivity index (χ1v) is 10.2. The molecular weight excluding hydrogens is 366 g/mol. The standard InChI is InChI=1S/C19H19N3O4S/c23-18(20-16-10-5-7-13-6-1-2-8-14(13)16)12-22-19(24)15-9-3-4-11-17(15)27(25,26)21-22/h1-4,6,8-9,11,16,21H,5,7,10,12H2,(H,20,23)/t16-/m1/s1. The molecule has 1 aliphatic carbocycles. The summed E-state index contributed by atoms with van der Waals surface area (Å²) in [5.41, 5.74) is 2.35. The van der Waals surface area contributed by atoms with E-state index in [4.69, 9.17) is 0 Å². The molecule has 7 nitrogen and oxygen atoms in total. The molecule has 1 aliphatic heterocycles. The van der Waals surface area contributed by atoms with Crippen LogP contribution in [0.2, 0.25) is 0 Å². The van der Waals surface area contributed by atoms with Crippen LogP contribution in [0.15, 0.2) is 53.4 Å². The van der Waals surface area contributed by atoms with Gasteiger partial charge >= 0.3 is 0 Å². The number of aryl methyl sites for hydroxylation is 1. The Bertz CT molecular complexity index is 1020. The van der Waals surface area contributed by atoms with Crippen molar-refractivity contribution in [2.24, 2.45) is 0 Å². The van der Waals surface area contributed by atoms with Gasteiger partial charge in [0.25, 0.3) is 15.9 Å². The van der Waals surface area contributed by atoms with Crippen molar-refractivity contribution in [3.05, 3.63) is 65.2 Å². The first-order valence-electron chi connectivity index (χ1n) is 8.76. The Kier molecular flexibility index (Phi) is 4.45. The molecular formula is C19H19N3O4S. The monoisotopic (exact) mass is 385 g/mol. The highest BCUT2D eigenvalue weighted by Gasteiger charge is 2.35. The van der Waals surface area contributed by atoms with Crippen LogP contribution in [0.25, 0.3) is 0 Å². The largest absolute Gasteiger partial charge is 0.348 e. The van der Waals surface area contributed by atoms with E-state index < -0.39 is 21.8 Å². The lowest BCUT2D eigenvalue weighted by molar-refractivity contribution is -0.122. The van der Waals surface area contributed by atoms with Gasteiger partial charge in [-0.1, -0.05) is 36.4 Å². The quantitative estimate of drug-likeness (QED) is 0.838. The molecule has 0 bridgehead atoms. The maximum atomic E-state index is 12.5. The van der Waals surface area contributed by atoms with E-state index in [1.54, 1.807) is 12.1 Å². The molecule has 2 N–H and O–H groups in total. The van der Waals surface area contributed by atoms with Crippen molar-refractivity contribution < 1.29 is 18.0 Å². The van der Waals surface area contributed by atoms with E-state index in [2.05, 4.69) is 10.1 Å². The Labute approximate surface area is 157 Å². The molecule has 2 aromatic carbocycles. The summed E-state index contributed by atoms with van der Waals surface area (Å²) in [7, 11) is -3.88. The fourth-order valence-corrected chi connectivity index (χ4v) is 4.89. The highest BCUT2D eigenvalue weighted by Crippen LogP contribution is 2.29. The van der Waals surface area contributed by atoms with Crippen LogP contribution in [-0.2, 0) is 21.2 Å². The minimum Gasteiger partial charge on any atom is -0.348 e. The maximum absolute atomic E-state index is 12.5. The number of hydrogen-bond donors (Lipinski definition) is 2. The van der Waals surface area contributed by atoms with Crippen molar-refractivity contribution in [2.45, 2.75) is 30.2 Å². The number of carbonyl (C=O) groups is 2. The molecule has 0 aromatic heterocycles. The summed E-state index contributed by atoms with van der Waals surface area (Å²) in [4.78, 5) is 27.2. The van der Waals surface area contributed by atoms with Crippen LogP contribution < -0.4 is 10.1 Å². The van der Waals surface area contributed by atoms with Crippen molar-refractivity contribution in [3.8, 4) is 0 Å². The number of fused-ring (bicyclic) bond motifs is 2. The number of sulfonamides is 1. The predicted molar refractivity (Wildman–Crippen MR) is 98.1 cm³/mol. The number of amides is 2. The Balaban J connectivity index is 1.51. The van der Waals surface area contributed by atoms with Gasteiger partial charge in [-0.2, -0.15) is 0 Å². The number of hydrazine groups is 1. The van der Waals surface area contributed by atoms with Crippen LogP contribution in [0.3, 0.4) is 0 Å². The predicted octanol–water partition coefficient (Wildman–Crippen LogP) is 1.53. The van der Waals surface area contributed by atoms with Gasteiger partial charge in [0.15, 0.2) is 0 Å². The van der Waals surface area contributed by atoms with E-state index in [0.29, 0.717) is 0 Å². The fourth-order valence-electron chi connectivity index (χ4n) is 3.65. The molecule has 2 amide bonds. The average Bonchev–Trinajstić information content (AvgIpc) is 2.66. The molecule has 0 radical (unpaired) electrons. The van der Waals surface area contributed by atoms with E-state index in [-0.39, 0.29) is 23.0 Å². The van der Waals surface area contributed by atoms with Gasteiger partial charge in [0, 0.05) is 0 Å². The third-order valence-electron chi connectivity index (χ3n) is 4.89. The lowest BCUT2D eigenvalue weighted by Crippen LogP contribution is -2.54. The number of hydrogen-bond acceptors (Lipinski definition) is 4. The van der Waals surface area contributed by atoms with Gasteiger partial charge in [0.05, 0.1) is 16.5 Å². The molecule has 0 saturated heterocycles. The molecule has 8 heteroatoms. The van der Waals surface area contributed by atoms with Crippen molar-refractivity contribution in [1.82, 2.24) is 15.2 Å². The molecule has 0 spiro atoms. The molecule has 0 saturated carbocycles. The molecule has 1 atom stereocenters. The molecule has 2 aliphatic rings. The van der Waals surface area contributed by atoms with E-state index in [0.717, 1.165) is 29.8 Å². The van der Waals surface area contributed by atoms with Gasteiger partial charge in [-0.15, -0.1) is 4.83 Å². The molecule has 27 heavy (non-hydrogen) atoms. The summed E-state index contributed by atoms with van der Waals surface area (Å²) in [6.07, 6.45) is 2.75. The maximum Gasteiger partial charge on any atom is 0.270 e. The van der Waals surface area contributed by atoms with Crippen molar-refractivity contribution in [3.63, 3.8) is 0 Å². The van der Waals surface area contributed by atoms with Gasteiger partial charge in [-0.25, -0.2) is 8.42 Å². The van der Waals surface area contributed by atoms with Gasteiger partial charge in [0.1, 0.15) is 6.54 Å². The molecule has 1 heterocycles. The van der Waals surface area contributed by atoms with Crippen LogP contribution in [0, 0.1) is 0 Å². The molecule has 4 rings (SSSR count). The first-order chi connectivity index (χ1) is 13.0. The molecule has 140 valence electrons. The normalized spacial score (nSPS) is 20.5. The summed E-state index contributed by atoms with van der Waals surface area (Å²) < 4.78 is 24.7. The number of carbonyl (C=O) groups excluding carboxylic acids is 2. The zero-order valence-corrected chi connectivity index (χ0v) is 15.3. The second kappa shape index (κ2) is 6.79. The SMILES string of the molecule is O=C(CN1NS(=O)(=O)c2ccccc2C1=O)N[C@@H]1CCCc2ccccc21. The number of nitrogens with one attached hydrogen (secondary N) is 2. The van der Waals surface area contributed by atoms with E-state index in [9.17, 15) is 18.0 Å². The number of benzene rings is 2. The lowest BCUT2D eigenvalue weighted by Gasteiger charge is -2.30. The molecule has 0 fully saturated rings. The topological polar surface area (TPSA) is 95.6 Å². The van der Waals surface area contributed by atoms with Crippen molar-refractivity contribution in [1.29, 1.82) is 0 Å². The van der Waals surface area contributed by atoms with Crippen LogP contribution >= 0.6 is 0 Å². The second-order valence-electron chi connectivity index (χ2n) is 6.69. The second-order valence-corrected chi connectivity index (χ2v) is 8.32. The highest BCUT2D eigenvalue weighted by atomic mass is 32.2. The number of rotatable bonds is 3. The minimum atomic E-state index is -3.88. The van der Waals surface area contributed by atoms with Crippen LogP contribution in [0.5, 0.6) is 0 Å². The lowest BCUT2D eigenvalue weighted by atomic mass is 9.88. The average molecular weight is 385 g/mol. The van der Waals surface area contributed by atoms with Crippen LogP contribution in [-0.4, -0.2) is 31.8 Å². The third-order valence-corrected chi connectivity index (χ3v) is 6.28. The highest BCUT2D eigenvalue weighted by molar-refractivity contribution is 7.89. The Morgan fingerprint density at radius 2 is 1.89 bits per heavy atom. The van der Waals surface area contributed by atoms with E-state index in [1.807, 2.05) is 24.3 Å².